The summed E-state index contributed by atoms with van der Waals surface area (Å²) in [6.45, 7) is 15.1. The Morgan fingerprint density at radius 1 is 0.923 bits per heavy atom. The standard InChI is InChI=1S/C22H44O4/c1-7-8-9-10-11-12-13-20(14-15-23-16-21-17-24-21)22(6,25-18(2)3)26-19(4)5/h18-21H,7-17H2,1-6H3. The SMILES string of the molecule is CCCCCCCCC(CCOCC1CO1)C(C)(OC(C)C)OC(C)C. The first-order valence-electron chi connectivity index (χ1n) is 10.9. The molecule has 2 atom stereocenters. The van der Waals surface area contributed by atoms with Gasteiger partial charge < -0.3 is 18.9 Å². The Labute approximate surface area is 162 Å². The van der Waals surface area contributed by atoms with E-state index in [4.69, 9.17) is 18.9 Å². The molecule has 1 aliphatic heterocycles. The van der Waals surface area contributed by atoms with Crippen molar-refractivity contribution >= 4 is 0 Å². The van der Waals surface area contributed by atoms with Crippen molar-refractivity contribution in [3.8, 4) is 0 Å². The first-order chi connectivity index (χ1) is 12.4. The van der Waals surface area contributed by atoms with Crippen LogP contribution in [0.4, 0.5) is 0 Å². The van der Waals surface area contributed by atoms with Crippen LogP contribution in [0, 0.1) is 5.92 Å². The zero-order valence-electron chi connectivity index (χ0n) is 18.2. The number of epoxide rings is 1. The van der Waals surface area contributed by atoms with E-state index >= 15 is 0 Å². The monoisotopic (exact) mass is 372 g/mol. The molecular weight excluding hydrogens is 328 g/mol. The average Bonchev–Trinajstić information content (AvgIpc) is 3.35. The molecule has 2 unspecified atom stereocenters. The second kappa shape index (κ2) is 13.1. The molecule has 4 nitrogen and oxygen atoms in total. The third-order valence-electron chi connectivity index (χ3n) is 4.90. The molecule has 0 spiro atoms. The first kappa shape index (κ1) is 23.9. The predicted molar refractivity (Wildman–Crippen MR) is 108 cm³/mol. The van der Waals surface area contributed by atoms with Crippen molar-refractivity contribution in [2.75, 3.05) is 19.8 Å². The smallest absolute Gasteiger partial charge is 0.169 e. The number of hydrogen-bond donors (Lipinski definition) is 0. The molecule has 0 aliphatic carbocycles. The Balaban J connectivity index is 2.54. The van der Waals surface area contributed by atoms with Crippen molar-refractivity contribution in [1.82, 2.24) is 0 Å². The van der Waals surface area contributed by atoms with Crippen LogP contribution in [0.3, 0.4) is 0 Å². The maximum atomic E-state index is 6.29. The normalized spacial score (nSPS) is 18.7. The molecule has 26 heavy (non-hydrogen) atoms. The predicted octanol–water partition coefficient (Wildman–Crippen LogP) is 5.72. The Bertz CT molecular complexity index is 329. The third-order valence-corrected chi connectivity index (χ3v) is 4.90. The van der Waals surface area contributed by atoms with E-state index in [2.05, 4.69) is 41.5 Å². The summed E-state index contributed by atoms with van der Waals surface area (Å²) in [5.74, 6) is -0.204. The maximum absolute atomic E-state index is 6.29. The Hall–Kier alpha value is -0.160. The van der Waals surface area contributed by atoms with Crippen molar-refractivity contribution < 1.29 is 18.9 Å². The Morgan fingerprint density at radius 2 is 1.50 bits per heavy atom. The van der Waals surface area contributed by atoms with E-state index in [0.717, 1.165) is 32.7 Å². The largest absolute Gasteiger partial charge is 0.379 e. The van der Waals surface area contributed by atoms with Crippen LogP contribution in [-0.2, 0) is 18.9 Å². The molecule has 0 N–H and O–H groups in total. The van der Waals surface area contributed by atoms with E-state index in [-0.39, 0.29) is 12.2 Å². The van der Waals surface area contributed by atoms with Crippen molar-refractivity contribution in [3.05, 3.63) is 0 Å². The topological polar surface area (TPSA) is 40.2 Å². The van der Waals surface area contributed by atoms with Crippen molar-refractivity contribution in [3.63, 3.8) is 0 Å². The molecule has 0 aromatic carbocycles. The number of ether oxygens (including phenoxy) is 4. The summed E-state index contributed by atoms with van der Waals surface area (Å²) in [4.78, 5) is 0. The molecule has 1 aliphatic rings. The Morgan fingerprint density at radius 3 is 2.04 bits per heavy atom. The van der Waals surface area contributed by atoms with Crippen LogP contribution in [0.25, 0.3) is 0 Å². The van der Waals surface area contributed by atoms with Gasteiger partial charge in [0.2, 0.25) is 0 Å². The molecule has 1 heterocycles. The maximum Gasteiger partial charge on any atom is 0.169 e. The van der Waals surface area contributed by atoms with Gasteiger partial charge in [0, 0.05) is 12.5 Å². The van der Waals surface area contributed by atoms with Gasteiger partial charge in [-0.2, -0.15) is 0 Å². The summed E-state index contributed by atoms with van der Waals surface area (Å²) < 4.78 is 23.6. The van der Waals surface area contributed by atoms with Gasteiger partial charge in [-0.15, -0.1) is 0 Å². The van der Waals surface area contributed by atoms with Gasteiger partial charge in [-0.1, -0.05) is 45.4 Å². The van der Waals surface area contributed by atoms with Gasteiger partial charge >= 0.3 is 0 Å². The highest BCUT2D eigenvalue weighted by molar-refractivity contribution is 4.78. The lowest BCUT2D eigenvalue weighted by molar-refractivity contribution is -0.288. The summed E-state index contributed by atoms with van der Waals surface area (Å²) in [6.07, 6.45) is 10.6. The fourth-order valence-electron chi connectivity index (χ4n) is 3.60. The van der Waals surface area contributed by atoms with Crippen molar-refractivity contribution in [2.24, 2.45) is 5.92 Å². The highest BCUT2D eigenvalue weighted by Gasteiger charge is 2.37. The van der Waals surface area contributed by atoms with Crippen LogP contribution in [0.2, 0.25) is 0 Å². The van der Waals surface area contributed by atoms with Gasteiger partial charge in [0.1, 0.15) is 6.10 Å². The zero-order valence-corrected chi connectivity index (χ0v) is 18.2. The van der Waals surface area contributed by atoms with E-state index in [0.29, 0.717) is 12.0 Å². The number of unbranched alkanes of at least 4 members (excludes halogenated alkanes) is 5. The summed E-state index contributed by atoms with van der Waals surface area (Å²) in [6, 6.07) is 0. The van der Waals surface area contributed by atoms with Crippen molar-refractivity contribution in [2.45, 2.75) is 117 Å². The highest BCUT2D eigenvalue weighted by atomic mass is 16.7. The van der Waals surface area contributed by atoms with Crippen LogP contribution < -0.4 is 0 Å². The molecular formula is C22H44O4. The van der Waals surface area contributed by atoms with Gasteiger partial charge in [-0.25, -0.2) is 0 Å². The molecule has 0 amide bonds. The molecule has 0 bridgehead atoms. The van der Waals surface area contributed by atoms with Gasteiger partial charge in [0.15, 0.2) is 5.79 Å². The second-order valence-electron chi connectivity index (χ2n) is 8.42. The van der Waals surface area contributed by atoms with Crippen molar-refractivity contribution in [1.29, 1.82) is 0 Å². The fraction of sp³-hybridized carbons (Fsp3) is 1.00. The van der Waals surface area contributed by atoms with Gasteiger partial charge in [0.05, 0.1) is 25.4 Å². The minimum Gasteiger partial charge on any atom is -0.379 e. The van der Waals surface area contributed by atoms with E-state index < -0.39 is 5.79 Å². The molecule has 0 saturated carbocycles. The van der Waals surface area contributed by atoms with Crippen LogP contribution in [0.15, 0.2) is 0 Å². The van der Waals surface area contributed by atoms with E-state index in [1.807, 2.05) is 0 Å². The third kappa shape index (κ3) is 10.9. The Kier molecular flexibility index (Phi) is 12.0. The lowest BCUT2D eigenvalue weighted by Gasteiger charge is -2.40. The van der Waals surface area contributed by atoms with Gasteiger partial charge in [0.25, 0.3) is 0 Å². The lowest BCUT2D eigenvalue weighted by atomic mass is 9.89. The zero-order chi connectivity index (χ0) is 19.4. The number of rotatable bonds is 17. The highest BCUT2D eigenvalue weighted by Crippen LogP contribution is 2.33. The minimum atomic E-state index is -0.550. The molecule has 1 rings (SSSR count). The summed E-state index contributed by atoms with van der Waals surface area (Å²) in [7, 11) is 0. The molecule has 156 valence electrons. The van der Waals surface area contributed by atoms with E-state index in [1.54, 1.807) is 0 Å². The van der Waals surface area contributed by atoms with E-state index in [1.165, 1.54) is 38.5 Å². The van der Waals surface area contributed by atoms with Gasteiger partial charge in [-0.05, 0) is 47.5 Å². The summed E-state index contributed by atoms with van der Waals surface area (Å²) in [5.41, 5.74) is 0. The molecule has 0 aromatic rings. The van der Waals surface area contributed by atoms with Crippen LogP contribution in [0.5, 0.6) is 0 Å². The minimum absolute atomic E-state index is 0.145. The molecule has 4 heteroatoms. The van der Waals surface area contributed by atoms with E-state index in [9.17, 15) is 0 Å². The first-order valence-corrected chi connectivity index (χ1v) is 10.9. The second-order valence-corrected chi connectivity index (χ2v) is 8.42. The average molecular weight is 373 g/mol. The fourth-order valence-corrected chi connectivity index (χ4v) is 3.60. The molecule has 1 saturated heterocycles. The summed E-state index contributed by atoms with van der Waals surface area (Å²) in [5, 5.41) is 0. The molecule has 0 aromatic heterocycles. The number of hydrogen-bond acceptors (Lipinski definition) is 4. The summed E-state index contributed by atoms with van der Waals surface area (Å²) >= 11 is 0. The lowest BCUT2D eigenvalue weighted by Crippen LogP contribution is -2.45. The quantitative estimate of drug-likeness (QED) is 0.186. The van der Waals surface area contributed by atoms with Crippen LogP contribution >= 0.6 is 0 Å². The molecule has 1 fully saturated rings. The molecule has 0 radical (unpaired) electrons. The van der Waals surface area contributed by atoms with Gasteiger partial charge in [-0.3, -0.25) is 0 Å². The van der Waals surface area contributed by atoms with Crippen LogP contribution in [-0.4, -0.2) is 43.9 Å². The van der Waals surface area contributed by atoms with Crippen LogP contribution in [0.1, 0.15) is 92.9 Å².